The van der Waals surface area contributed by atoms with Crippen LogP contribution in [0, 0.1) is 44.1 Å². The second-order valence-electron chi connectivity index (χ2n) is 3.70. The molecule has 17 heavy (non-hydrogen) atoms. The van der Waals surface area contributed by atoms with Crippen LogP contribution in [0.2, 0.25) is 0 Å². The maximum absolute atomic E-state index is 10.9. The van der Waals surface area contributed by atoms with E-state index in [4.69, 9.17) is 5.11 Å². The Kier molecular flexibility index (Phi) is 6.18. The predicted octanol–water partition coefficient (Wildman–Crippen LogP) is 3.17. The Morgan fingerprint density at radius 1 is 1.53 bits per heavy atom. The maximum atomic E-state index is 10.9. The Bertz CT molecular complexity index is 437. The van der Waals surface area contributed by atoms with Crippen LogP contribution in [0.1, 0.15) is 29.3 Å². The third kappa shape index (κ3) is 3.56. The van der Waals surface area contributed by atoms with Crippen LogP contribution < -0.4 is 0 Å². The summed E-state index contributed by atoms with van der Waals surface area (Å²) in [6.07, 6.45) is 1.95. The smallest absolute Gasteiger partial charge is 0.339 e. The Labute approximate surface area is 144 Å². The number of aromatic hydroxyl groups is 1. The van der Waals surface area contributed by atoms with E-state index >= 15 is 0 Å². The molecule has 0 bridgehead atoms. The zero-order valence-corrected chi connectivity index (χ0v) is 15.7. The number of fused-ring (bicyclic) bond motifs is 1. The first-order chi connectivity index (χ1) is 7.61. The van der Waals surface area contributed by atoms with Crippen molar-refractivity contribution in [2.75, 3.05) is 0 Å². The summed E-state index contributed by atoms with van der Waals surface area (Å²) in [5.41, 5.74) is 1.03. The molecular weight excluding hydrogens is 471 g/mol. The summed E-state index contributed by atoms with van der Waals surface area (Å²) < 4.78 is 0. The molecule has 2 rings (SSSR count). The number of aromatic carboxylic acids is 1. The zero-order valence-electron chi connectivity index (χ0n) is 9.34. The van der Waals surface area contributed by atoms with Gasteiger partial charge in [-0.15, -0.1) is 0 Å². The van der Waals surface area contributed by atoms with Crippen molar-refractivity contribution in [2.24, 2.45) is 0 Å². The molecule has 0 fully saturated rings. The first-order valence-corrected chi connectivity index (χ1v) is 7.25. The maximum Gasteiger partial charge on any atom is 0.339 e. The van der Waals surface area contributed by atoms with Gasteiger partial charge < -0.3 is 10.2 Å². The van der Waals surface area contributed by atoms with E-state index in [0.29, 0.717) is 5.25 Å². The molecule has 1 radical (unpaired) electrons. The standard InChI is InChI=1S/C11H12O3S2.Ac/c1-2-7-3-6-4-8(11(13)14)9(12)5-10(6)16-15-7;/h4-5,7,12H,2-3H2,1H3,(H,13,14);. The number of phenols is 1. The predicted molar refractivity (Wildman–Crippen MR) is 66.3 cm³/mol. The van der Waals surface area contributed by atoms with E-state index < -0.39 is 5.97 Å². The van der Waals surface area contributed by atoms with Crippen molar-refractivity contribution < 1.29 is 59.1 Å². The minimum Gasteiger partial charge on any atom is -0.507 e. The topological polar surface area (TPSA) is 57.5 Å². The van der Waals surface area contributed by atoms with Crippen LogP contribution in [0.4, 0.5) is 0 Å². The fourth-order valence-corrected chi connectivity index (χ4v) is 4.46. The van der Waals surface area contributed by atoms with Gasteiger partial charge in [0.2, 0.25) is 0 Å². The molecular formula is C11H12AcO3S2. The number of carboxylic acid groups (broad SMARTS) is 1. The molecule has 3 nitrogen and oxygen atoms in total. The molecule has 1 aromatic rings. The SMILES string of the molecule is CCC1Cc2cc(C(=O)O)c(O)cc2SS1.[Ac]. The average Bonchev–Trinajstić information content (AvgIpc) is 2.27. The van der Waals surface area contributed by atoms with Crippen LogP contribution in [0.5, 0.6) is 5.75 Å². The van der Waals surface area contributed by atoms with Crippen LogP contribution in [0.25, 0.3) is 0 Å². The first-order valence-electron chi connectivity index (χ1n) is 5.04. The third-order valence-electron chi connectivity index (χ3n) is 2.59. The summed E-state index contributed by atoms with van der Waals surface area (Å²) in [5.74, 6) is -1.22. The molecule has 1 atom stereocenters. The van der Waals surface area contributed by atoms with E-state index in [-0.39, 0.29) is 55.4 Å². The van der Waals surface area contributed by atoms with Gasteiger partial charge in [0, 0.05) is 54.2 Å². The summed E-state index contributed by atoms with van der Waals surface area (Å²) in [6.45, 7) is 2.13. The number of rotatable bonds is 2. The van der Waals surface area contributed by atoms with Crippen LogP contribution in [-0.4, -0.2) is 21.4 Å². The molecule has 1 aliphatic rings. The Hall–Kier alpha value is 0.632. The van der Waals surface area contributed by atoms with E-state index in [9.17, 15) is 9.90 Å². The normalized spacial score (nSPS) is 18.1. The molecule has 0 amide bonds. The van der Waals surface area contributed by atoms with Gasteiger partial charge in [-0.3, -0.25) is 0 Å². The van der Waals surface area contributed by atoms with Crippen molar-refractivity contribution in [2.45, 2.75) is 29.9 Å². The summed E-state index contributed by atoms with van der Waals surface area (Å²) >= 11 is 0. The van der Waals surface area contributed by atoms with Crippen molar-refractivity contribution in [3.8, 4) is 5.75 Å². The second-order valence-corrected chi connectivity index (χ2v) is 6.24. The summed E-state index contributed by atoms with van der Waals surface area (Å²) in [7, 11) is 3.41. The van der Waals surface area contributed by atoms with Gasteiger partial charge in [-0.25, -0.2) is 4.79 Å². The van der Waals surface area contributed by atoms with Crippen molar-refractivity contribution in [1.82, 2.24) is 0 Å². The quantitative estimate of drug-likeness (QED) is 0.634. The molecule has 0 aliphatic carbocycles. The molecule has 0 saturated carbocycles. The number of carbonyl (C=O) groups is 1. The van der Waals surface area contributed by atoms with Crippen LogP contribution in [0.3, 0.4) is 0 Å². The first kappa shape index (κ1) is 15.7. The zero-order chi connectivity index (χ0) is 11.7. The monoisotopic (exact) mass is 483 g/mol. The van der Waals surface area contributed by atoms with Gasteiger partial charge in [0.05, 0.1) is 0 Å². The van der Waals surface area contributed by atoms with Crippen LogP contribution in [-0.2, 0) is 6.42 Å². The van der Waals surface area contributed by atoms with Crippen LogP contribution in [0.15, 0.2) is 17.0 Å². The van der Waals surface area contributed by atoms with Gasteiger partial charge in [0.15, 0.2) is 0 Å². The molecule has 0 aromatic heterocycles. The van der Waals surface area contributed by atoms with Crippen LogP contribution >= 0.6 is 21.6 Å². The molecule has 6 heteroatoms. The molecule has 1 aliphatic heterocycles. The Morgan fingerprint density at radius 3 is 2.82 bits per heavy atom. The molecule has 0 saturated heterocycles. The number of carboxylic acids is 1. The molecule has 1 unspecified atom stereocenters. The minimum atomic E-state index is -1.07. The molecule has 1 aromatic carbocycles. The van der Waals surface area contributed by atoms with Gasteiger partial charge in [-0.1, -0.05) is 28.5 Å². The summed E-state index contributed by atoms with van der Waals surface area (Å²) in [5, 5.41) is 19.0. The van der Waals surface area contributed by atoms with E-state index in [1.165, 1.54) is 0 Å². The molecule has 2 N–H and O–H groups in total. The van der Waals surface area contributed by atoms with Gasteiger partial charge in [-0.2, -0.15) is 0 Å². The van der Waals surface area contributed by atoms with Crippen molar-refractivity contribution in [3.05, 3.63) is 23.3 Å². The fourth-order valence-electron chi connectivity index (χ4n) is 1.63. The largest absolute Gasteiger partial charge is 0.507 e. The number of hydrogen-bond acceptors (Lipinski definition) is 4. The van der Waals surface area contributed by atoms with E-state index in [1.807, 2.05) is 0 Å². The summed E-state index contributed by atoms with van der Waals surface area (Å²) in [6, 6.07) is 3.16. The van der Waals surface area contributed by atoms with E-state index in [1.54, 1.807) is 33.7 Å². The van der Waals surface area contributed by atoms with Gasteiger partial charge >= 0.3 is 5.97 Å². The van der Waals surface area contributed by atoms with Crippen molar-refractivity contribution >= 4 is 27.6 Å². The summed E-state index contributed by atoms with van der Waals surface area (Å²) in [4.78, 5) is 11.9. The third-order valence-corrected chi connectivity index (χ3v) is 5.66. The van der Waals surface area contributed by atoms with Crippen molar-refractivity contribution in [1.29, 1.82) is 0 Å². The molecule has 0 spiro atoms. The number of hydrogen-bond donors (Lipinski definition) is 2. The second kappa shape index (κ2) is 6.70. The average molecular weight is 483 g/mol. The Balaban J connectivity index is 0.00000144. The van der Waals surface area contributed by atoms with Crippen molar-refractivity contribution in [3.63, 3.8) is 0 Å². The van der Waals surface area contributed by atoms with E-state index in [0.717, 1.165) is 23.3 Å². The number of benzene rings is 1. The van der Waals surface area contributed by atoms with Gasteiger partial charge in [-0.05, 0) is 30.5 Å². The molecule has 89 valence electrons. The van der Waals surface area contributed by atoms with Gasteiger partial charge in [0.25, 0.3) is 0 Å². The minimum absolute atomic E-state index is 0. The van der Waals surface area contributed by atoms with E-state index in [2.05, 4.69) is 6.92 Å². The Morgan fingerprint density at radius 2 is 2.24 bits per heavy atom. The molecule has 1 heterocycles. The fraction of sp³-hybridized carbons (Fsp3) is 0.364. The van der Waals surface area contributed by atoms with Gasteiger partial charge in [0.1, 0.15) is 11.3 Å².